The maximum atomic E-state index is 13.1. The van der Waals surface area contributed by atoms with Gasteiger partial charge < -0.3 is 14.5 Å². The summed E-state index contributed by atoms with van der Waals surface area (Å²) in [6.07, 6.45) is 2.94. The molecule has 1 atom stereocenters. The quantitative estimate of drug-likeness (QED) is 0.811. The van der Waals surface area contributed by atoms with Gasteiger partial charge in [-0.25, -0.2) is 0 Å². The Bertz CT molecular complexity index is 827. The molecule has 0 aliphatic carbocycles. The molecule has 1 aromatic carbocycles. The Morgan fingerprint density at radius 1 is 1.07 bits per heavy atom. The van der Waals surface area contributed by atoms with Gasteiger partial charge >= 0.3 is 0 Å². The first kappa shape index (κ1) is 18.0. The number of benzene rings is 1. The van der Waals surface area contributed by atoms with Crippen molar-refractivity contribution in [3.63, 3.8) is 0 Å². The third kappa shape index (κ3) is 3.58. The molecule has 2 aromatic rings. The summed E-state index contributed by atoms with van der Waals surface area (Å²) in [7, 11) is 1.59. The summed E-state index contributed by atoms with van der Waals surface area (Å²) in [5.74, 6) is 0.728. The number of ether oxygens (including phenoxy) is 1. The monoisotopic (exact) mass is 384 g/mol. The predicted molar refractivity (Wildman–Crippen MR) is 106 cm³/mol. The second kappa shape index (κ2) is 7.72. The minimum Gasteiger partial charge on any atom is -0.495 e. The Balaban J connectivity index is 1.50. The summed E-state index contributed by atoms with van der Waals surface area (Å²) in [4.78, 5) is 31.1. The highest BCUT2D eigenvalue weighted by molar-refractivity contribution is 7.17. The lowest BCUT2D eigenvalue weighted by atomic mass is 10.1. The zero-order valence-electron chi connectivity index (χ0n) is 15.5. The number of rotatable bonds is 4. The summed E-state index contributed by atoms with van der Waals surface area (Å²) in [6, 6.07) is 11.9. The number of amides is 2. The van der Waals surface area contributed by atoms with Crippen LogP contribution in [0.1, 0.15) is 28.9 Å². The Hall–Kier alpha value is -2.34. The molecule has 5 nitrogen and oxygen atoms in total. The second-order valence-corrected chi connectivity index (χ2v) is 8.20. The Morgan fingerprint density at radius 3 is 2.52 bits per heavy atom. The summed E-state index contributed by atoms with van der Waals surface area (Å²) in [5, 5.41) is 0. The first-order valence-corrected chi connectivity index (χ1v) is 10.3. The molecule has 2 saturated heterocycles. The van der Waals surface area contributed by atoms with Crippen molar-refractivity contribution in [2.75, 3.05) is 33.3 Å². The molecule has 1 aromatic heterocycles. The highest BCUT2D eigenvalue weighted by atomic mass is 32.1. The molecule has 2 aliphatic heterocycles. The van der Waals surface area contributed by atoms with Gasteiger partial charge in [0.1, 0.15) is 10.6 Å². The molecule has 0 radical (unpaired) electrons. The van der Waals surface area contributed by atoms with Crippen LogP contribution in [0.2, 0.25) is 0 Å². The van der Waals surface area contributed by atoms with Crippen molar-refractivity contribution in [3.05, 3.63) is 41.3 Å². The molecule has 0 spiro atoms. The lowest BCUT2D eigenvalue weighted by Gasteiger charge is -2.20. The number of nitrogens with zero attached hydrogens (tertiary/aromatic N) is 2. The zero-order chi connectivity index (χ0) is 18.8. The standard InChI is InChI=1S/C21H24N2O3S/c1-26-17-13-18(15-7-3-2-4-8-15)27-19(17)21(25)23-12-9-16(14-23)20(24)22-10-5-6-11-22/h2-4,7-8,13,16H,5-6,9-12,14H2,1H3. The van der Waals surface area contributed by atoms with Crippen LogP contribution in [0.4, 0.5) is 0 Å². The van der Waals surface area contributed by atoms with Crippen LogP contribution in [0.5, 0.6) is 5.75 Å². The van der Waals surface area contributed by atoms with E-state index in [9.17, 15) is 9.59 Å². The predicted octanol–water partition coefficient (Wildman–Crippen LogP) is 3.51. The zero-order valence-corrected chi connectivity index (χ0v) is 16.3. The first-order valence-electron chi connectivity index (χ1n) is 9.48. The molecular weight excluding hydrogens is 360 g/mol. The van der Waals surface area contributed by atoms with Crippen LogP contribution in [-0.4, -0.2) is 54.9 Å². The SMILES string of the molecule is COc1cc(-c2ccccc2)sc1C(=O)N1CCC(C(=O)N2CCCC2)C1. The van der Waals surface area contributed by atoms with E-state index in [1.54, 1.807) is 7.11 Å². The van der Waals surface area contributed by atoms with E-state index in [0.29, 0.717) is 23.7 Å². The van der Waals surface area contributed by atoms with Gasteiger partial charge in [-0.3, -0.25) is 9.59 Å². The second-order valence-electron chi connectivity index (χ2n) is 7.14. The lowest BCUT2D eigenvalue weighted by Crippen LogP contribution is -2.36. The van der Waals surface area contributed by atoms with Crippen molar-refractivity contribution in [3.8, 4) is 16.2 Å². The van der Waals surface area contributed by atoms with Gasteiger partial charge in [-0.2, -0.15) is 0 Å². The number of thiophene rings is 1. The number of hydrogen-bond acceptors (Lipinski definition) is 4. The van der Waals surface area contributed by atoms with Gasteiger partial charge in [0.25, 0.3) is 5.91 Å². The van der Waals surface area contributed by atoms with Gasteiger partial charge in [-0.15, -0.1) is 11.3 Å². The van der Waals surface area contributed by atoms with E-state index in [1.165, 1.54) is 11.3 Å². The fourth-order valence-electron chi connectivity index (χ4n) is 3.91. The normalized spacial score (nSPS) is 19.5. The summed E-state index contributed by atoms with van der Waals surface area (Å²) in [5.41, 5.74) is 1.07. The van der Waals surface area contributed by atoms with Crippen molar-refractivity contribution in [2.45, 2.75) is 19.3 Å². The van der Waals surface area contributed by atoms with E-state index in [0.717, 1.165) is 42.8 Å². The molecule has 2 amide bonds. The van der Waals surface area contributed by atoms with Crippen molar-refractivity contribution < 1.29 is 14.3 Å². The van der Waals surface area contributed by atoms with Gasteiger partial charge in [0, 0.05) is 31.1 Å². The average molecular weight is 385 g/mol. The average Bonchev–Trinajstić information content (AvgIpc) is 3.48. The van der Waals surface area contributed by atoms with E-state index in [1.807, 2.05) is 46.2 Å². The van der Waals surface area contributed by atoms with Crippen molar-refractivity contribution >= 4 is 23.2 Å². The van der Waals surface area contributed by atoms with E-state index in [2.05, 4.69) is 0 Å². The van der Waals surface area contributed by atoms with Crippen LogP contribution in [-0.2, 0) is 4.79 Å². The molecule has 2 fully saturated rings. The number of methoxy groups -OCH3 is 1. The number of likely N-dealkylation sites (tertiary alicyclic amines) is 2. The van der Waals surface area contributed by atoms with Crippen molar-refractivity contribution in [2.24, 2.45) is 5.92 Å². The molecule has 0 saturated carbocycles. The van der Waals surface area contributed by atoms with Crippen LogP contribution in [0.25, 0.3) is 10.4 Å². The first-order chi connectivity index (χ1) is 13.2. The van der Waals surface area contributed by atoms with Crippen LogP contribution in [0, 0.1) is 5.92 Å². The third-order valence-electron chi connectivity index (χ3n) is 5.41. The Morgan fingerprint density at radius 2 is 1.81 bits per heavy atom. The molecule has 27 heavy (non-hydrogen) atoms. The van der Waals surface area contributed by atoms with Crippen molar-refractivity contribution in [1.29, 1.82) is 0 Å². The van der Waals surface area contributed by atoms with Crippen LogP contribution in [0.15, 0.2) is 36.4 Å². The minimum atomic E-state index is -0.0633. The lowest BCUT2D eigenvalue weighted by molar-refractivity contribution is -0.133. The molecule has 0 N–H and O–H groups in total. The minimum absolute atomic E-state index is 0.0317. The maximum absolute atomic E-state index is 13.1. The van der Waals surface area contributed by atoms with Gasteiger partial charge in [0.2, 0.25) is 5.91 Å². The van der Waals surface area contributed by atoms with E-state index < -0.39 is 0 Å². The molecule has 1 unspecified atom stereocenters. The topological polar surface area (TPSA) is 49.9 Å². The van der Waals surface area contributed by atoms with Gasteiger partial charge in [0.05, 0.1) is 13.0 Å². The number of carbonyl (C=O) groups excluding carboxylic acids is 2. The fraction of sp³-hybridized carbons (Fsp3) is 0.429. The van der Waals surface area contributed by atoms with Gasteiger partial charge in [0.15, 0.2) is 0 Å². The Kier molecular flexibility index (Phi) is 5.16. The third-order valence-corrected chi connectivity index (χ3v) is 6.57. The fourth-order valence-corrected chi connectivity index (χ4v) is 5.00. The molecule has 4 rings (SSSR count). The smallest absolute Gasteiger partial charge is 0.267 e. The molecule has 6 heteroatoms. The molecule has 3 heterocycles. The van der Waals surface area contributed by atoms with Crippen LogP contribution < -0.4 is 4.74 Å². The Labute approximate surface area is 163 Å². The van der Waals surface area contributed by atoms with Crippen LogP contribution in [0.3, 0.4) is 0 Å². The largest absolute Gasteiger partial charge is 0.495 e. The van der Waals surface area contributed by atoms with Crippen LogP contribution >= 0.6 is 11.3 Å². The summed E-state index contributed by atoms with van der Waals surface area (Å²) >= 11 is 1.46. The molecule has 142 valence electrons. The highest BCUT2D eigenvalue weighted by Gasteiger charge is 2.35. The van der Waals surface area contributed by atoms with E-state index in [-0.39, 0.29) is 17.7 Å². The maximum Gasteiger partial charge on any atom is 0.267 e. The molecule has 0 bridgehead atoms. The highest BCUT2D eigenvalue weighted by Crippen LogP contribution is 2.37. The van der Waals surface area contributed by atoms with Crippen molar-refractivity contribution in [1.82, 2.24) is 9.80 Å². The molecule has 2 aliphatic rings. The summed E-state index contributed by atoms with van der Waals surface area (Å²) in [6.45, 7) is 2.87. The van der Waals surface area contributed by atoms with E-state index >= 15 is 0 Å². The summed E-state index contributed by atoms with van der Waals surface area (Å²) < 4.78 is 5.47. The van der Waals surface area contributed by atoms with E-state index in [4.69, 9.17) is 4.74 Å². The number of carbonyl (C=O) groups is 2. The molecular formula is C21H24N2O3S. The van der Waals surface area contributed by atoms with Gasteiger partial charge in [-0.05, 0) is 30.9 Å². The van der Waals surface area contributed by atoms with Gasteiger partial charge in [-0.1, -0.05) is 30.3 Å². The number of hydrogen-bond donors (Lipinski definition) is 0.